The second kappa shape index (κ2) is 5.54. The zero-order chi connectivity index (χ0) is 18.0. The van der Waals surface area contributed by atoms with E-state index in [1.54, 1.807) is 6.08 Å². The van der Waals surface area contributed by atoms with Crippen molar-refractivity contribution in [3.05, 3.63) is 35.2 Å². The molecule has 0 heterocycles. The maximum Gasteiger partial charge on any atom is 0.303 e. The van der Waals surface area contributed by atoms with Crippen molar-refractivity contribution < 1.29 is 19.0 Å². The van der Waals surface area contributed by atoms with Gasteiger partial charge in [-0.15, -0.1) is 0 Å². The van der Waals surface area contributed by atoms with Crippen LogP contribution in [0.25, 0.3) is 0 Å². The molecule has 4 heteroatoms. The molecule has 136 valence electrons. The molecule has 0 bridgehead atoms. The molecule has 1 N–H and O–H groups in total. The van der Waals surface area contributed by atoms with Gasteiger partial charge in [-0.2, -0.15) is 0 Å². The third-order valence-electron chi connectivity index (χ3n) is 7.30. The minimum absolute atomic E-state index is 0.0126. The van der Waals surface area contributed by atoms with Crippen LogP contribution in [0.1, 0.15) is 52.9 Å². The molecule has 3 nitrogen and oxygen atoms in total. The van der Waals surface area contributed by atoms with Crippen LogP contribution < -0.4 is 0 Å². The van der Waals surface area contributed by atoms with E-state index in [1.165, 1.54) is 18.1 Å². The number of rotatable bonds is 1. The summed E-state index contributed by atoms with van der Waals surface area (Å²) < 4.78 is 20.0. The lowest BCUT2D eigenvalue weighted by Crippen LogP contribution is -2.45. The first-order valence-electron chi connectivity index (χ1n) is 9.40. The molecule has 4 aliphatic rings. The minimum Gasteiger partial charge on any atom is -0.455 e. The average molecular weight is 346 g/mol. The molecule has 1 unspecified atom stereocenters. The standard InChI is InChI=1S/C21H27FO3/c1-12(23)25-19-18(22)11-17-15-5-4-13-10-14(24)6-8-20(13,2)16(15)7-9-21(17,19)3/h6,8,11,13-14,17,19,24H,4-5,7,9-10H2,1-3H3/t13?,14-,17-,19-,20-,21-/m0/s1. The van der Waals surface area contributed by atoms with E-state index in [1.807, 2.05) is 6.08 Å². The number of ether oxygens (including phenoxy) is 1. The van der Waals surface area contributed by atoms with Crippen LogP contribution in [0.4, 0.5) is 4.39 Å². The van der Waals surface area contributed by atoms with E-state index in [0.29, 0.717) is 5.92 Å². The highest BCUT2D eigenvalue weighted by molar-refractivity contribution is 5.66. The Morgan fingerprint density at radius 2 is 2.12 bits per heavy atom. The van der Waals surface area contributed by atoms with Crippen molar-refractivity contribution in [2.24, 2.45) is 22.7 Å². The van der Waals surface area contributed by atoms with Crippen molar-refractivity contribution in [3.8, 4) is 0 Å². The fourth-order valence-electron chi connectivity index (χ4n) is 5.88. The fraction of sp³-hybridized carbons (Fsp3) is 0.667. The van der Waals surface area contributed by atoms with Gasteiger partial charge in [0.15, 0.2) is 6.10 Å². The Morgan fingerprint density at radius 1 is 1.36 bits per heavy atom. The maximum atomic E-state index is 14.6. The Labute approximate surface area is 148 Å². The molecule has 25 heavy (non-hydrogen) atoms. The summed E-state index contributed by atoms with van der Waals surface area (Å²) in [6.45, 7) is 5.69. The molecule has 0 fully saturated rings. The van der Waals surface area contributed by atoms with Crippen LogP contribution >= 0.6 is 0 Å². The van der Waals surface area contributed by atoms with Gasteiger partial charge in [-0.05, 0) is 44.1 Å². The second-order valence-corrected chi connectivity index (χ2v) is 8.71. The largest absolute Gasteiger partial charge is 0.455 e. The van der Waals surface area contributed by atoms with E-state index < -0.39 is 12.1 Å². The van der Waals surface area contributed by atoms with Crippen LogP contribution in [0.15, 0.2) is 35.2 Å². The number of esters is 1. The van der Waals surface area contributed by atoms with Crippen molar-refractivity contribution >= 4 is 5.97 Å². The van der Waals surface area contributed by atoms with Crippen molar-refractivity contribution in [2.45, 2.75) is 65.1 Å². The molecule has 6 atom stereocenters. The Hall–Kier alpha value is -1.42. The molecule has 0 amide bonds. The van der Waals surface area contributed by atoms with Crippen LogP contribution in [0.5, 0.6) is 0 Å². The van der Waals surface area contributed by atoms with Crippen LogP contribution in [0.3, 0.4) is 0 Å². The highest BCUT2D eigenvalue weighted by atomic mass is 19.1. The molecule has 0 saturated carbocycles. The summed E-state index contributed by atoms with van der Waals surface area (Å²) >= 11 is 0. The second-order valence-electron chi connectivity index (χ2n) is 8.71. The Kier molecular flexibility index (Phi) is 3.77. The minimum atomic E-state index is -0.752. The molecule has 0 aromatic heterocycles. The summed E-state index contributed by atoms with van der Waals surface area (Å²) in [6.07, 6.45) is 9.23. The third-order valence-corrected chi connectivity index (χ3v) is 7.30. The van der Waals surface area contributed by atoms with Gasteiger partial charge in [0.1, 0.15) is 5.83 Å². The van der Waals surface area contributed by atoms with Gasteiger partial charge < -0.3 is 9.84 Å². The van der Waals surface area contributed by atoms with E-state index in [0.717, 1.165) is 32.1 Å². The first kappa shape index (κ1) is 17.0. The van der Waals surface area contributed by atoms with Crippen LogP contribution in [-0.4, -0.2) is 23.3 Å². The SMILES string of the molecule is CC(=O)O[C@H]1C(F)=C[C@H]2C3=C(CC[C@@]21C)[C@@]1(C)C=C[C@H](O)CC1CC3. The lowest BCUT2D eigenvalue weighted by molar-refractivity contribution is -0.152. The third kappa shape index (κ3) is 2.37. The topological polar surface area (TPSA) is 46.5 Å². The van der Waals surface area contributed by atoms with Gasteiger partial charge in [-0.25, -0.2) is 4.39 Å². The predicted molar refractivity (Wildman–Crippen MR) is 93.2 cm³/mol. The first-order valence-corrected chi connectivity index (χ1v) is 9.40. The Bertz CT molecular complexity index is 706. The summed E-state index contributed by atoms with van der Waals surface area (Å²) in [6, 6.07) is 0. The highest BCUT2D eigenvalue weighted by Gasteiger charge is 2.56. The summed E-state index contributed by atoms with van der Waals surface area (Å²) in [5.41, 5.74) is 2.37. The molecule has 4 rings (SSSR count). The van der Waals surface area contributed by atoms with Gasteiger partial charge in [-0.1, -0.05) is 37.1 Å². The fourth-order valence-corrected chi connectivity index (χ4v) is 5.88. The summed E-state index contributed by atoms with van der Waals surface area (Å²) in [5, 5.41) is 9.99. The number of aliphatic hydroxyl groups is 1. The molecule has 0 saturated heterocycles. The molecule has 0 aromatic rings. The average Bonchev–Trinajstić information content (AvgIpc) is 2.79. The number of hydrogen-bond donors (Lipinski definition) is 1. The molecular formula is C21H27FO3. The van der Waals surface area contributed by atoms with E-state index in [4.69, 9.17) is 4.74 Å². The number of hydrogen-bond acceptors (Lipinski definition) is 3. The molecule has 0 aromatic carbocycles. The molecule has 0 spiro atoms. The molecule has 0 aliphatic heterocycles. The van der Waals surface area contributed by atoms with Gasteiger partial charge >= 0.3 is 5.97 Å². The number of allylic oxidation sites excluding steroid dienone is 4. The van der Waals surface area contributed by atoms with Crippen molar-refractivity contribution in [1.29, 1.82) is 0 Å². The van der Waals surface area contributed by atoms with E-state index in [9.17, 15) is 14.3 Å². The van der Waals surface area contributed by atoms with Gasteiger partial charge in [0.05, 0.1) is 6.10 Å². The number of carbonyl (C=O) groups excluding carboxylic acids is 1. The zero-order valence-corrected chi connectivity index (χ0v) is 15.2. The van der Waals surface area contributed by atoms with Gasteiger partial charge in [-0.3, -0.25) is 4.79 Å². The summed E-state index contributed by atoms with van der Waals surface area (Å²) in [7, 11) is 0. The van der Waals surface area contributed by atoms with Crippen LogP contribution in [-0.2, 0) is 9.53 Å². The van der Waals surface area contributed by atoms with E-state index >= 15 is 0 Å². The normalized spacial score (nSPS) is 45.4. The molecule has 0 radical (unpaired) electrons. The lowest BCUT2D eigenvalue weighted by Gasteiger charge is -2.52. The number of aliphatic hydroxyl groups excluding tert-OH is 1. The van der Waals surface area contributed by atoms with Crippen LogP contribution in [0.2, 0.25) is 0 Å². The van der Waals surface area contributed by atoms with Gasteiger partial charge in [0.25, 0.3) is 0 Å². The first-order chi connectivity index (χ1) is 11.8. The van der Waals surface area contributed by atoms with Crippen molar-refractivity contribution in [1.82, 2.24) is 0 Å². The quantitative estimate of drug-likeness (QED) is 0.571. The smallest absolute Gasteiger partial charge is 0.303 e. The lowest BCUT2D eigenvalue weighted by atomic mass is 9.53. The number of halogens is 1. The summed E-state index contributed by atoms with van der Waals surface area (Å²) in [4.78, 5) is 11.5. The maximum absolute atomic E-state index is 14.6. The van der Waals surface area contributed by atoms with E-state index in [2.05, 4.69) is 19.9 Å². The monoisotopic (exact) mass is 346 g/mol. The Morgan fingerprint density at radius 3 is 2.84 bits per heavy atom. The van der Waals surface area contributed by atoms with Crippen molar-refractivity contribution in [2.75, 3.05) is 0 Å². The number of fused-ring (bicyclic) bond motifs is 4. The highest BCUT2D eigenvalue weighted by Crippen LogP contribution is 2.62. The molecular weight excluding hydrogens is 319 g/mol. The van der Waals surface area contributed by atoms with E-state index in [-0.39, 0.29) is 28.7 Å². The summed E-state index contributed by atoms with van der Waals surface area (Å²) in [5.74, 6) is -0.248. The van der Waals surface area contributed by atoms with Gasteiger partial charge in [0, 0.05) is 23.7 Å². The zero-order valence-electron chi connectivity index (χ0n) is 15.2. The molecule has 4 aliphatic carbocycles. The van der Waals surface area contributed by atoms with Gasteiger partial charge in [0.2, 0.25) is 0 Å². The van der Waals surface area contributed by atoms with Crippen LogP contribution in [0, 0.1) is 22.7 Å². The predicted octanol–water partition coefficient (Wildman–Crippen LogP) is 4.24. The Balaban J connectivity index is 1.75. The van der Waals surface area contributed by atoms with Crippen molar-refractivity contribution in [3.63, 3.8) is 0 Å². The number of carbonyl (C=O) groups is 1.